The molecule has 1 aromatic carbocycles. The van der Waals surface area contributed by atoms with E-state index in [9.17, 15) is 10.1 Å². The number of hydrogen-bond donors (Lipinski definition) is 0. The van der Waals surface area contributed by atoms with Gasteiger partial charge in [0.1, 0.15) is 5.02 Å². The fraction of sp³-hybridized carbons (Fsp3) is 0.200. The Morgan fingerprint density at radius 3 is 2.87 bits per heavy atom. The van der Waals surface area contributed by atoms with Crippen LogP contribution in [0.1, 0.15) is 12.5 Å². The van der Waals surface area contributed by atoms with Gasteiger partial charge in [-0.1, -0.05) is 45.2 Å². The second-order valence-electron chi connectivity index (χ2n) is 3.09. The van der Waals surface area contributed by atoms with Crippen LogP contribution in [0.15, 0.2) is 23.8 Å². The summed E-state index contributed by atoms with van der Waals surface area (Å²) in [5, 5.41) is 11.5. The Morgan fingerprint density at radius 2 is 2.33 bits per heavy atom. The number of nitro groups is 1. The topological polar surface area (TPSA) is 43.1 Å². The first-order valence-corrected chi connectivity index (χ1v) is 5.71. The van der Waals surface area contributed by atoms with Gasteiger partial charge >= 0.3 is 0 Å². The number of nitrogens with zero attached hydrogens (tertiary/aromatic N) is 1. The lowest BCUT2D eigenvalue weighted by Gasteiger charge is -1.99. The summed E-state index contributed by atoms with van der Waals surface area (Å²) in [4.78, 5) is 10.1. The van der Waals surface area contributed by atoms with E-state index in [1.807, 2.05) is 13.0 Å². The van der Waals surface area contributed by atoms with Crippen molar-refractivity contribution in [3.05, 3.63) is 44.5 Å². The third kappa shape index (κ3) is 3.32. The molecule has 0 bridgehead atoms. The zero-order chi connectivity index (χ0) is 11.4. The molecule has 3 nitrogen and oxygen atoms in total. The lowest BCUT2D eigenvalue weighted by atomic mass is 10.1. The van der Waals surface area contributed by atoms with Crippen LogP contribution in [0.4, 0.5) is 5.69 Å². The summed E-state index contributed by atoms with van der Waals surface area (Å²) in [6, 6.07) is 4.75. The van der Waals surface area contributed by atoms with E-state index in [2.05, 4.69) is 15.9 Å². The molecule has 0 saturated heterocycles. The van der Waals surface area contributed by atoms with Gasteiger partial charge in [0, 0.05) is 11.4 Å². The molecule has 15 heavy (non-hydrogen) atoms. The van der Waals surface area contributed by atoms with Crippen LogP contribution in [-0.2, 0) is 0 Å². The van der Waals surface area contributed by atoms with Crippen LogP contribution in [0.2, 0.25) is 5.02 Å². The predicted octanol–water partition coefficient (Wildman–Crippen LogP) is 4.05. The molecule has 0 aliphatic heterocycles. The number of benzene rings is 1. The number of allylic oxidation sites excluding steroid dienone is 1. The van der Waals surface area contributed by atoms with E-state index < -0.39 is 4.92 Å². The summed E-state index contributed by atoms with van der Waals surface area (Å²) >= 11 is 9.00. The van der Waals surface area contributed by atoms with Crippen LogP contribution in [0.25, 0.3) is 6.08 Å². The van der Waals surface area contributed by atoms with E-state index in [1.54, 1.807) is 6.07 Å². The monoisotopic (exact) mass is 289 g/mol. The molecule has 0 aliphatic carbocycles. The van der Waals surface area contributed by atoms with Gasteiger partial charge in [-0.05, 0) is 18.6 Å². The van der Waals surface area contributed by atoms with Gasteiger partial charge in [-0.2, -0.15) is 0 Å². The first-order valence-electron chi connectivity index (χ1n) is 4.21. The van der Waals surface area contributed by atoms with E-state index >= 15 is 0 Å². The number of nitro benzene ring substituents is 1. The quantitative estimate of drug-likeness (QED) is 0.479. The minimum atomic E-state index is -0.483. The highest BCUT2D eigenvalue weighted by Gasteiger charge is 2.11. The van der Waals surface area contributed by atoms with Crippen LogP contribution < -0.4 is 0 Å². The lowest BCUT2D eigenvalue weighted by Crippen LogP contribution is -1.90. The number of hydrogen-bond acceptors (Lipinski definition) is 2. The SMILES string of the molecule is CC(=Cc1ccc(Cl)c([N+](=O)[O-])c1)CBr. The molecule has 5 heteroatoms. The maximum absolute atomic E-state index is 10.6. The average molecular weight is 291 g/mol. The van der Waals surface area contributed by atoms with Crippen LogP contribution in [0.3, 0.4) is 0 Å². The zero-order valence-corrected chi connectivity index (χ0v) is 10.4. The molecule has 0 aliphatic rings. The van der Waals surface area contributed by atoms with Crippen molar-refractivity contribution in [1.29, 1.82) is 0 Å². The van der Waals surface area contributed by atoms with Crippen LogP contribution in [0.5, 0.6) is 0 Å². The molecule has 1 aromatic rings. The van der Waals surface area contributed by atoms with Gasteiger partial charge in [0.25, 0.3) is 5.69 Å². The van der Waals surface area contributed by atoms with E-state index in [0.717, 1.165) is 16.5 Å². The molecule has 0 N–H and O–H groups in total. The van der Waals surface area contributed by atoms with Gasteiger partial charge in [-0.3, -0.25) is 10.1 Å². The second kappa shape index (κ2) is 5.28. The van der Waals surface area contributed by atoms with Crippen molar-refractivity contribution < 1.29 is 4.92 Å². The van der Waals surface area contributed by atoms with E-state index in [1.165, 1.54) is 12.1 Å². The van der Waals surface area contributed by atoms with Crippen LogP contribution in [0, 0.1) is 10.1 Å². The molecule has 0 amide bonds. The fourth-order valence-electron chi connectivity index (χ4n) is 1.08. The Labute approximate surface area is 101 Å². The Morgan fingerprint density at radius 1 is 1.67 bits per heavy atom. The van der Waals surface area contributed by atoms with Crippen LogP contribution in [-0.4, -0.2) is 10.3 Å². The molecule has 0 spiro atoms. The van der Waals surface area contributed by atoms with Crippen molar-refractivity contribution >= 4 is 39.3 Å². The molecular formula is C10H9BrClNO2. The summed E-state index contributed by atoms with van der Waals surface area (Å²) in [6.07, 6.45) is 1.87. The molecule has 0 fully saturated rings. The first kappa shape index (κ1) is 12.2. The lowest BCUT2D eigenvalue weighted by molar-refractivity contribution is -0.384. The number of alkyl halides is 1. The molecule has 0 unspecified atom stereocenters. The molecule has 80 valence electrons. The normalized spacial score (nSPS) is 11.5. The largest absolute Gasteiger partial charge is 0.288 e. The van der Waals surface area contributed by atoms with Gasteiger partial charge in [-0.25, -0.2) is 0 Å². The predicted molar refractivity (Wildman–Crippen MR) is 65.6 cm³/mol. The molecule has 0 saturated carbocycles. The average Bonchev–Trinajstić information content (AvgIpc) is 2.20. The standard InChI is InChI=1S/C10H9BrClNO2/c1-7(6-11)4-8-2-3-9(12)10(5-8)13(14)15/h2-5H,6H2,1H3. The highest BCUT2D eigenvalue weighted by atomic mass is 79.9. The minimum absolute atomic E-state index is 0.0622. The highest BCUT2D eigenvalue weighted by Crippen LogP contribution is 2.26. The van der Waals surface area contributed by atoms with E-state index in [0.29, 0.717) is 0 Å². The van der Waals surface area contributed by atoms with Gasteiger partial charge in [0.05, 0.1) is 4.92 Å². The maximum atomic E-state index is 10.6. The van der Waals surface area contributed by atoms with Gasteiger partial charge in [0.15, 0.2) is 0 Å². The maximum Gasteiger partial charge on any atom is 0.288 e. The smallest absolute Gasteiger partial charge is 0.258 e. The Balaban J connectivity index is 3.13. The van der Waals surface area contributed by atoms with Crippen molar-refractivity contribution in [2.24, 2.45) is 0 Å². The van der Waals surface area contributed by atoms with Crippen molar-refractivity contribution in [2.45, 2.75) is 6.92 Å². The zero-order valence-electron chi connectivity index (χ0n) is 8.04. The third-order valence-electron chi connectivity index (χ3n) is 1.79. The molecule has 0 atom stereocenters. The fourth-order valence-corrected chi connectivity index (χ4v) is 1.43. The molecule has 0 aromatic heterocycles. The Kier molecular flexibility index (Phi) is 4.29. The highest BCUT2D eigenvalue weighted by molar-refractivity contribution is 9.09. The van der Waals surface area contributed by atoms with E-state index in [-0.39, 0.29) is 10.7 Å². The van der Waals surface area contributed by atoms with Gasteiger partial charge in [-0.15, -0.1) is 0 Å². The van der Waals surface area contributed by atoms with Gasteiger partial charge in [0.2, 0.25) is 0 Å². The summed E-state index contributed by atoms with van der Waals surface area (Å²) < 4.78 is 0. The Hall–Kier alpha value is -0.870. The van der Waals surface area contributed by atoms with Crippen LogP contribution >= 0.6 is 27.5 Å². The molecule has 0 heterocycles. The van der Waals surface area contributed by atoms with E-state index in [4.69, 9.17) is 11.6 Å². The van der Waals surface area contributed by atoms with Gasteiger partial charge < -0.3 is 0 Å². The van der Waals surface area contributed by atoms with Crippen molar-refractivity contribution in [1.82, 2.24) is 0 Å². The number of rotatable bonds is 3. The molecular weight excluding hydrogens is 281 g/mol. The molecule has 0 radical (unpaired) electrons. The van der Waals surface area contributed by atoms with Crippen molar-refractivity contribution in [3.63, 3.8) is 0 Å². The Bertz CT molecular complexity index is 418. The third-order valence-corrected chi connectivity index (χ3v) is 2.99. The summed E-state index contributed by atoms with van der Waals surface area (Å²) in [5.41, 5.74) is 1.81. The second-order valence-corrected chi connectivity index (χ2v) is 4.06. The van der Waals surface area contributed by atoms with Crippen molar-refractivity contribution in [2.75, 3.05) is 5.33 Å². The first-order chi connectivity index (χ1) is 7.04. The minimum Gasteiger partial charge on any atom is -0.258 e. The number of halogens is 2. The summed E-state index contributed by atoms with van der Waals surface area (Å²) in [6.45, 7) is 1.94. The molecule has 1 rings (SSSR count). The summed E-state index contributed by atoms with van der Waals surface area (Å²) in [7, 11) is 0. The summed E-state index contributed by atoms with van der Waals surface area (Å²) in [5.74, 6) is 0. The van der Waals surface area contributed by atoms with Crippen molar-refractivity contribution in [3.8, 4) is 0 Å².